The molecule has 24 heavy (non-hydrogen) atoms. The van der Waals surface area contributed by atoms with Crippen molar-refractivity contribution in [1.82, 2.24) is 10.8 Å². The molecule has 0 aromatic heterocycles. The van der Waals surface area contributed by atoms with Gasteiger partial charge in [0.05, 0.1) is 19.1 Å². The summed E-state index contributed by atoms with van der Waals surface area (Å²) in [5.74, 6) is -0.00480. The maximum absolute atomic E-state index is 11.9. The summed E-state index contributed by atoms with van der Waals surface area (Å²) >= 11 is 0. The zero-order chi connectivity index (χ0) is 16.9. The number of rotatable bonds is 5. The fourth-order valence-electron chi connectivity index (χ4n) is 2.59. The van der Waals surface area contributed by atoms with Gasteiger partial charge in [-0.25, -0.2) is 10.3 Å². The van der Waals surface area contributed by atoms with Gasteiger partial charge in [0.15, 0.2) is 0 Å². The molecule has 0 bridgehead atoms. The molecular weight excluding hydrogens is 306 g/mol. The Morgan fingerprint density at radius 3 is 2.83 bits per heavy atom. The van der Waals surface area contributed by atoms with E-state index < -0.39 is 6.03 Å². The predicted octanol–water partition coefficient (Wildman–Crippen LogP) is 2.67. The fraction of sp³-hybridized carbons (Fsp3) is 0.222. The maximum Gasteiger partial charge on any atom is 0.339 e. The van der Waals surface area contributed by atoms with Gasteiger partial charge in [0.1, 0.15) is 0 Å². The number of benzene rings is 2. The average molecular weight is 325 g/mol. The van der Waals surface area contributed by atoms with Gasteiger partial charge in [0.2, 0.25) is 5.91 Å². The van der Waals surface area contributed by atoms with Crippen LogP contribution in [0.25, 0.3) is 0 Å². The lowest BCUT2D eigenvalue weighted by atomic mass is 10.0. The summed E-state index contributed by atoms with van der Waals surface area (Å²) in [6.45, 7) is 2.18. The fourth-order valence-corrected chi connectivity index (χ4v) is 2.59. The number of anilines is 1. The van der Waals surface area contributed by atoms with Crippen molar-refractivity contribution >= 4 is 17.6 Å². The summed E-state index contributed by atoms with van der Waals surface area (Å²) in [6, 6.07) is 14.7. The van der Waals surface area contributed by atoms with Gasteiger partial charge >= 0.3 is 6.03 Å². The topological polar surface area (TPSA) is 79.5 Å². The molecule has 6 heteroatoms. The summed E-state index contributed by atoms with van der Waals surface area (Å²) in [6.07, 6.45) is 0.377. The highest BCUT2D eigenvalue weighted by Gasteiger charge is 2.19. The van der Waals surface area contributed by atoms with Crippen molar-refractivity contribution in [2.45, 2.75) is 26.0 Å². The van der Waals surface area contributed by atoms with Crippen molar-refractivity contribution in [3.8, 4) is 0 Å². The minimum absolute atomic E-state index is 0.00480. The molecule has 6 nitrogen and oxygen atoms in total. The van der Waals surface area contributed by atoms with Crippen molar-refractivity contribution in [1.29, 1.82) is 0 Å². The number of hydrogen-bond donors (Lipinski definition) is 3. The number of fused-ring (bicyclic) bond motifs is 1. The van der Waals surface area contributed by atoms with Crippen LogP contribution in [0.3, 0.4) is 0 Å². The molecule has 0 aliphatic carbocycles. The van der Waals surface area contributed by atoms with Gasteiger partial charge in [0.25, 0.3) is 0 Å². The van der Waals surface area contributed by atoms with Crippen LogP contribution in [0.15, 0.2) is 48.5 Å². The van der Waals surface area contributed by atoms with E-state index in [-0.39, 0.29) is 11.9 Å². The third-order valence-corrected chi connectivity index (χ3v) is 3.85. The molecule has 0 fully saturated rings. The average Bonchev–Trinajstić information content (AvgIpc) is 2.94. The van der Waals surface area contributed by atoms with E-state index >= 15 is 0 Å². The molecule has 3 amide bonds. The standard InChI is InChI=1S/C18H19N3O3/c1-12(14-7-8-16-15(9-14)10-17(22)20-16)19-18(23)21-24-11-13-5-3-2-4-6-13/h2-9,12H,10-11H2,1H3,(H,20,22)(H2,19,21,23)/t12-/m0/s1. The van der Waals surface area contributed by atoms with Gasteiger partial charge in [-0.2, -0.15) is 0 Å². The van der Waals surface area contributed by atoms with Crippen molar-refractivity contribution < 1.29 is 14.4 Å². The molecule has 0 saturated carbocycles. The Kier molecular flexibility index (Phi) is 4.77. The Hall–Kier alpha value is -2.86. The summed E-state index contributed by atoms with van der Waals surface area (Å²) in [5.41, 5.74) is 6.07. The largest absolute Gasteiger partial charge is 0.339 e. The Morgan fingerprint density at radius 1 is 1.25 bits per heavy atom. The van der Waals surface area contributed by atoms with Crippen molar-refractivity contribution in [2.75, 3.05) is 5.32 Å². The van der Waals surface area contributed by atoms with Crippen LogP contribution < -0.4 is 16.1 Å². The Bertz CT molecular complexity index is 746. The molecule has 3 rings (SSSR count). The SMILES string of the molecule is C[C@H](NC(=O)NOCc1ccccc1)c1ccc2c(c1)CC(=O)N2. The zero-order valence-corrected chi connectivity index (χ0v) is 13.3. The molecular formula is C18H19N3O3. The molecule has 2 aromatic carbocycles. The van der Waals surface area contributed by atoms with E-state index in [1.54, 1.807) is 0 Å². The number of hydrogen-bond acceptors (Lipinski definition) is 3. The highest BCUT2D eigenvalue weighted by atomic mass is 16.7. The summed E-state index contributed by atoms with van der Waals surface area (Å²) in [7, 11) is 0. The van der Waals surface area contributed by atoms with Crippen LogP contribution in [0, 0.1) is 0 Å². The van der Waals surface area contributed by atoms with Gasteiger partial charge in [-0.15, -0.1) is 0 Å². The molecule has 124 valence electrons. The first-order valence-corrected chi connectivity index (χ1v) is 7.77. The van der Waals surface area contributed by atoms with Crippen molar-refractivity contribution in [3.63, 3.8) is 0 Å². The van der Waals surface area contributed by atoms with Gasteiger partial charge in [-0.3, -0.25) is 9.63 Å². The highest BCUT2D eigenvalue weighted by Crippen LogP contribution is 2.26. The molecule has 1 aliphatic heterocycles. The second kappa shape index (κ2) is 7.14. The van der Waals surface area contributed by atoms with E-state index in [1.165, 1.54) is 0 Å². The van der Waals surface area contributed by atoms with Crippen LogP contribution in [-0.2, 0) is 22.7 Å². The van der Waals surface area contributed by atoms with E-state index in [1.807, 2.05) is 55.5 Å². The molecule has 2 aromatic rings. The number of carbonyl (C=O) groups excluding carboxylic acids is 2. The second-order valence-electron chi connectivity index (χ2n) is 5.71. The summed E-state index contributed by atoms with van der Waals surface area (Å²) in [4.78, 5) is 28.5. The van der Waals surface area contributed by atoms with Crippen LogP contribution in [-0.4, -0.2) is 11.9 Å². The zero-order valence-electron chi connectivity index (χ0n) is 13.3. The van der Waals surface area contributed by atoms with Crippen LogP contribution in [0.2, 0.25) is 0 Å². The maximum atomic E-state index is 11.9. The molecule has 3 N–H and O–H groups in total. The molecule has 0 saturated heterocycles. The smallest absolute Gasteiger partial charge is 0.330 e. The van der Waals surface area contributed by atoms with E-state index in [9.17, 15) is 9.59 Å². The first-order chi connectivity index (χ1) is 11.6. The van der Waals surface area contributed by atoms with E-state index in [0.717, 1.165) is 22.4 Å². The molecule has 0 unspecified atom stereocenters. The van der Waals surface area contributed by atoms with E-state index in [2.05, 4.69) is 16.1 Å². The molecule has 1 heterocycles. The summed E-state index contributed by atoms with van der Waals surface area (Å²) < 4.78 is 0. The van der Waals surface area contributed by atoms with Gasteiger partial charge in [-0.1, -0.05) is 42.5 Å². The van der Waals surface area contributed by atoms with Crippen molar-refractivity contribution in [2.24, 2.45) is 0 Å². The third kappa shape index (κ3) is 3.91. The van der Waals surface area contributed by atoms with E-state index in [4.69, 9.17) is 4.84 Å². The number of nitrogens with one attached hydrogen (secondary N) is 3. The van der Waals surface area contributed by atoms with Gasteiger partial charge < -0.3 is 10.6 Å². The first kappa shape index (κ1) is 16.0. The quantitative estimate of drug-likeness (QED) is 0.740. The molecule has 1 atom stereocenters. The minimum Gasteiger partial charge on any atom is -0.330 e. The lowest BCUT2D eigenvalue weighted by Crippen LogP contribution is -2.36. The molecule has 1 aliphatic rings. The minimum atomic E-state index is -0.409. The Morgan fingerprint density at radius 2 is 2.04 bits per heavy atom. The van der Waals surface area contributed by atoms with Crippen LogP contribution in [0.4, 0.5) is 10.5 Å². The number of hydroxylamine groups is 1. The normalized spacial score (nSPS) is 13.8. The molecule has 0 spiro atoms. The first-order valence-electron chi connectivity index (χ1n) is 7.77. The lowest BCUT2D eigenvalue weighted by Gasteiger charge is -2.16. The van der Waals surface area contributed by atoms with Crippen LogP contribution in [0.5, 0.6) is 0 Å². The Labute approximate surface area is 140 Å². The highest BCUT2D eigenvalue weighted by molar-refractivity contribution is 5.99. The lowest BCUT2D eigenvalue weighted by molar-refractivity contribution is -0.115. The van der Waals surface area contributed by atoms with Gasteiger partial charge in [-0.05, 0) is 29.7 Å². The number of amides is 3. The van der Waals surface area contributed by atoms with E-state index in [0.29, 0.717) is 13.0 Å². The van der Waals surface area contributed by atoms with Crippen molar-refractivity contribution in [3.05, 3.63) is 65.2 Å². The molecule has 0 radical (unpaired) electrons. The summed E-state index contributed by atoms with van der Waals surface area (Å²) in [5, 5.41) is 5.59. The van der Waals surface area contributed by atoms with Crippen LogP contribution in [0.1, 0.15) is 29.7 Å². The number of urea groups is 1. The second-order valence-corrected chi connectivity index (χ2v) is 5.71. The van der Waals surface area contributed by atoms with Gasteiger partial charge in [0, 0.05) is 5.69 Å². The third-order valence-electron chi connectivity index (χ3n) is 3.85. The monoisotopic (exact) mass is 325 g/mol. The Balaban J connectivity index is 1.49. The predicted molar refractivity (Wildman–Crippen MR) is 90.1 cm³/mol. The number of carbonyl (C=O) groups is 2. The van der Waals surface area contributed by atoms with Crippen LogP contribution >= 0.6 is 0 Å².